The number of anilines is 1. The number of nitrogens with one attached hydrogen (secondary N) is 1. The first kappa shape index (κ1) is 44.8. The third kappa shape index (κ3) is 16.7. The number of amides is 2. The molecule has 0 spiro atoms. The summed E-state index contributed by atoms with van der Waals surface area (Å²) >= 11 is 0. The molecule has 2 aromatic rings. The number of allylic oxidation sites excluding steroid dienone is 2. The van der Waals surface area contributed by atoms with Gasteiger partial charge < -0.3 is 20.9 Å². The van der Waals surface area contributed by atoms with Gasteiger partial charge in [-0.2, -0.15) is 0 Å². The lowest BCUT2D eigenvalue weighted by molar-refractivity contribution is -0.115. The lowest BCUT2D eigenvalue weighted by atomic mass is 9.89. The average Bonchev–Trinajstić information content (AvgIpc) is 3.08. The van der Waals surface area contributed by atoms with E-state index in [1.165, 1.54) is 48.2 Å². The van der Waals surface area contributed by atoms with Gasteiger partial charge in [-0.15, -0.1) is 0 Å². The van der Waals surface area contributed by atoms with Crippen LogP contribution in [0.3, 0.4) is 0 Å². The van der Waals surface area contributed by atoms with Crippen LogP contribution >= 0.6 is 0 Å². The highest BCUT2D eigenvalue weighted by Crippen LogP contribution is 2.28. The van der Waals surface area contributed by atoms with Gasteiger partial charge in [0.25, 0.3) is 11.8 Å². The fourth-order valence-electron chi connectivity index (χ4n) is 4.68. The molecule has 1 aliphatic rings. The Labute approximate surface area is 294 Å². The van der Waals surface area contributed by atoms with E-state index in [1.54, 1.807) is 32.4 Å². The number of aromatic nitrogens is 1. The van der Waals surface area contributed by atoms with Gasteiger partial charge in [-0.25, -0.2) is 18.8 Å². The van der Waals surface area contributed by atoms with Crippen molar-refractivity contribution >= 4 is 29.5 Å². The Balaban J connectivity index is 0.00000105. The molecular weight excluding hydrogens is 622 g/mol. The van der Waals surface area contributed by atoms with E-state index in [0.717, 1.165) is 54.8 Å². The van der Waals surface area contributed by atoms with Crippen molar-refractivity contribution in [3.8, 4) is 0 Å². The number of aliphatic imine (C=N–C) groups is 1. The Hall–Kier alpha value is -4.18. The molecule has 1 aliphatic heterocycles. The molecule has 10 heteroatoms. The van der Waals surface area contributed by atoms with Crippen molar-refractivity contribution in [2.24, 2.45) is 16.6 Å². The van der Waals surface area contributed by atoms with Crippen LogP contribution in [0.2, 0.25) is 0 Å². The number of alkyl halides is 2. The molecule has 1 aromatic heterocycles. The largest absolute Gasteiger partial charge is 0.383 e. The predicted molar refractivity (Wildman–Crippen MR) is 203 cm³/mol. The standard InChI is InChI=1S/C24H28F2N4O.C10H19N.C3H7NO.C2H6/c1-5-7-20(22(27)29-13-6-2)16(3)17-8-10-18(11-9-17)23(31)30-21-15-19(12-14-28-21)24(4,25)26;1-8(2)10-6-5-9(3)11(4)7-10;1-4(2)3-5;1-2/h6,8-15H,5,7H2,1-4H3,(H2,27,29)(H,28,30,31);9-10H,1,5-7H2,2-4H3;3H,1-2H3;1-2H3/b13-6-,20-16-;;;. The number of amidine groups is 1. The lowest BCUT2D eigenvalue weighted by Crippen LogP contribution is -2.38. The zero-order valence-electron chi connectivity index (χ0n) is 31.6. The number of carbonyl (C=O) groups is 2. The molecule has 2 unspecified atom stereocenters. The van der Waals surface area contributed by atoms with Gasteiger partial charge in [0.05, 0.1) is 0 Å². The smallest absolute Gasteiger partial charge is 0.270 e. The predicted octanol–water partition coefficient (Wildman–Crippen LogP) is 8.93. The van der Waals surface area contributed by atoms with Crippen LogP contribution in [0.4, 0.5) is 14.6 Å². The number of pyridine rings is 1. The summed E-state index contributed by atoms with van der Waals surface area (Å²) in [5, 5.41) is 2.56. The second-order valence-electron chi connectivity index (χ2n) is 12.2. The third-order valence-corrected chi connectivity index (χ3v) is 7.81. The molecule has 0 aliphatic carbocycles. The number of hydrogen-bond donors (Lipinski definition) is 2. The normalized spacial score (nSPS) is 16.8. The number of nitrogens with zero attached hydrogens (tertiary/aromatic N) is 4. The average molecular weight is 683 g/mol. The molecule has 2 atom stereocenters. The Morgan fingerprint density at radius 3 is 2.20 bits per heavy atom. The monoisotopic (exact) mass is 682 g/mol. The highest BCUT2D eigenvalue weighted by molar-refractivity contribution is 6.05. The van der Waals surface area contributed by atoms with Gasteiger partial charge >= 0.3 is 0 Å². The highest BCUT2D eigenvalue weighted by Gasteiger charge is 2.25. The molecule has 1 fully saturated rings. The van der Waals surface area contributed by atoms with Crippen LogP contribution in [-0.2, 0) is 10.7 Å². The maximum atomic E-state index is 13.5. The van der Waals surface area contributed by atoms with E-state index in [-0.39, 0.29) is 11.4 Å². The van der Waals surface area contributed by atoms with Crippen molar-refractivity contribution in [2.75, 3.05) is 33.0 Å². The molecule has 1 aromatic carbocycles. The van der Waals surface area contributed by atoms with Gasteiger partial charge in [-0.05, 0) is 101 Å². The summed E-state index contributed by atoms with van der Waals surface area (Å²) < 4.78 is 27.0. The minimum absolute atomic E-state index is 0.0716. The zero-order valence-corrected chi connectivity index (χ0v) is 31.6. The van der Waals surface area contributed by atoms with E-state index in [9.17, 15) is 18.4 Å². The van der Waals surface area contributed by atoms with Crippen LogP contribution in [0.1, 0.15) is 103 Å². The molecule has 1 saturated heterocycles. The number of rotatable bonds is 10. The topological polar surface area (TPSA) is 104 Å². The molecule has 2 heterocycles. The van der Waals surface area contributed by atoms with Crippen LogP contribution in [0.25, 0.3) is 5.57 Å². The molecule has 3 N–H and O–H groups in total. The van der Waals surface area contributed by atoms with Gasteiger partial charge in [-0.3, -0.25) is 9.59 Å². The first-order chi connectivity index (χ1) is 23.0. The third-order valence-electron chi connectivity index (χ3n) is 7.81. The number of likely N-dealkylation sites (tertiary alicyclic amines) is 1. The minimum atomic E-state index is -3.01. The molecular formula is C39H60F2N6O2. The van der Waals surface area contributed by atoms with E-state index in [1.807, 2.05) is 45.9 Å². The van der Waals surface area contributed by atoms with Gasteiger partial charge in [0.15, 0.2) is 0 Å². The summed E-state index contributed by atoms with van der Waals surface area (Å²) in [6.45, 7) is 20.4. The molecule has 8 nitrogen and oxygen atoms in total. The van der Waals surface area contributed by atoms with E-state index in [2.05, 4.69) is 54.6 Å². The van der Waals surface area contributed by atoms with Gasteiger partial charge in [-0.1, -0.05) is 57.6 Å². The van der Waals surface area contributed by atoms with Crippen molar-refractivity contribution in [2.45, 2.75) is 93.0 Å². The highest BCUT2D eigenvalue weighted by atomic mass is 19.3. The van der Waals surface area contributed by atoms with Crippen molar-refractivity contribution in [3.63, 3.8) is 0 Å². The summed E-state index contributed by atoms with van der Waals surface area (Å²) in [7, 11) is 5.58. The van der Waals surface area contributed by atoms with E-state index >= 15 is 0 Å². The second-order valence-corrected chi connectivity index (χ2v) is 12.2. The quantitative estimate of drug-likeness (QED) is 0.113. The first-order valence-corrected chi connectivity index (χ1v) is 16.9. The summed E-state index contributed by atoms with van der Waals surface area (Å²) in [4.78, 5) is 34.0. The van der Waals surface area contributed by atoms with Crippen molar-refractivity contribution in [3.05, 3.63) is 89.3 Å². The summed E-state index contributed by atoms with van der Waals surface area (Å²) in [6.07, 6.45) is 9.82. The SMILES string of the molecule is C=C(C)C1CCC(C)N(C)C1.CC.CN(C)C=O.C\C=C/N=C(N)/C(CCC)=C(/C)c1ccc(C(=O)Nc2cc(C(C)(F)F)ccn2)cc1. The van der Waals surface area contributed by atoms with Crippen LogP contribution in [0.5, 0.6) is 0 Å². The molecule has 3 rings (SSSR count). The maximum absolute atomic E-state index is 13.5. The number of piperidine rings is 1. The number of nitrogens with two attached hydrogens (primary N) is 1. The summed E-state index contributed by atoms with van der Waals surface area (Å²) in [6, 6.07) is 10.2. The van der Waals surface area contributed by atoms with Gasteiger partial charge in [0.1, 0.15) is 11.7 Å². The summed E-state index contributed by atoms with van der Waals surface area (Å²) in [5.41, 5.74) is 10.5. The zero-order chi connectivity index (χ0) is 37.7. The van der Waals surface area contributed by atoms with Crippen molar-refractivity contribution in [1.29, 1.82) is 0 Å². The van der Waals surface area contributed by atoms with Gasteiger partial charge in [0, 0.05) is 57.1 Å². The molecule has 0 bridgehead atoms. The second kappa shape index (κ2) is 23.2. The number of benzene rings is 1. The molecule has 0 radical (unpaired) electrons. The van der Waals surface area contributed by atoms with Crippen molar-refractivity contribution < 1.29 is 18.4 Å². The molecule has 0 saturated carbocycles. The van der Waals surface area contributed by atoms with E-state index in [4.69, 9.17) is 5.73 Å². The van der Waals surface area contributed by atoms with Gasteiger partial charge in [0.2, 0.25) is 6.41 Å². The lowest BCUT2D eigenvalue weighted by Gasteiger charge is -2.35. The Bertz CT molecular complexity index is 1390. The van der Waals surface area contributed by atoms with Crippen LogP contribution in [0, 0.1) is 5.92 Å². The summed E-state index contributed by atoms with van der Waals surface area (Å²) in [5.74, 6) is -2.15. The number of hydrogen-bond acceptors (Lipinski definition) is 5. The molecule has 272 valence electrons. The number of carbonyl (C=O) groups excluding carboxylic acids is 2. The Morgan fingerprint density at radius 2 is 1.73 bits per heavy atom. The maximum Gasteiger partial charge on any atom is 0.270 e. The van der Waals surface area contributed by atoms with E-state index < -0.39 is 11.8 Å². The fourth-order valence-corrected chi connectivity index (χ4v) is 4.68. The first-order valence-electron chi connectivity index (χ1n) is 16.9. The van der Waals surface area contributed by atoms with Crippen LogP contribution in [0.15, 0.2) is 77.6 Å². The number of halogens is 2. The molecule has 2 amide bonds. The Morgan fingerprint density at radius 1 is 1.16 bits per heavy atom. The van der Waals surface area contributed by atoms with Crippen molar-refractivity contribution in [1.82, 2.24) is 14.8 Å². The Kier molecular flexibility index (Phi) is 21.2. The van der Waals surface area contributed by atoms with E-state index in [0.29, 0.717) is 11.4 Å². The van der Waals surface area contributed by atoms with Crippen LogP contribution < -0.4 is 11.1 Å². The molecule has 49 heavy (non-hydrogen) atoms. The fraction of sp³-hybridized carbons (Fsp3) is 0.487. The van der Waals surface area contributed by atoms with Crippen LogP contribution in [-0.4, -0.2) is 66.7 Å². The minimum Gasteiger partial charge on any atom is -0.383 e.